The predicted molar refractivity (Wildman–Crippen MR) is 120 cm³/mol. The Balaban J connectivity index is 1.15. The van der Waals surface area contributed by atoms with E-state index in [-0.39, 0.29) is 24.7 Å². The van der Waals surface area contributed by atoms with Crippen molar-refractivity contribution in [2.75, 3.05) is 31.1 Å². The monoisotopic (exact) mass is 417 g/mol. The lowest BCUT2D eigenvalue weighted by Gasteiger charge is -2.32. The number of nitrogens with one attached hydrogen (secondary N) is 1. The molecule has 2 aliphatic rings. The zero-order valence-electron chi connectivity index (χ0n) is 17.5. The number of ether oxygens (including phenoxy) is 1. The lowest BCUT2D eigenvalue weighted by atomic mass is 9.89. The number of aromatic amines is 1. The average molecular weight is 418 g/mol. The number of piperidine rings is 1. The molecule has 6 heteroatoms. The Morgan fingerprint density at radius 3 is 2.55 bits per heavy atom. The van der Waals surface area contributed by atoms with Gasteiger partial charge in [0.15, 0.2) is 0 Å². The summed E-state index contributed by atoms with van der Waals surface area (Å²) in [4.78, 5) is 32.6. The number of nitrogens with zero attached hydrogens (tertiary/aromatic N) is 2. The molecule has 0 radical (unpaired) electrons. The molecule has 6 nitrogen and oxygen atoms in total. The second-order valence-electron chi connectivity index (χ2n) is 8.31. The summed E-state index contributed by atoms with van der Waals surface area (Å²) in [7, 11) is 0. The van der Waals surface area contributed by atoms with E-state index in [2.05, 4.69) is 29.4 Å². The number of hydrogen-bond acceptors (Lipinski definition) is 3. The molecule has 2 aliphatic heterocycles. The van der Waals surface area contributed by atoms with Gasteiger partial charge in [0, 0.05) is 43.0 Å². The summed E-state index contributed by atoms with van der Waals surface area (Å²) in [6.45, 7) is 2.51. The number of fused-ring (bicyclic) bond motifs is 2. The fourth-order valence-corrected chi connectivity index (χ4v) is 4.81. The average Bonchev–Trinajstić information content (AvgIpc) is 3.26. The van der Waals surface area contributed by atoms with Gasteiger partial charge < -0.3 is 19.5 Å². The number of carbonyl (C=O) groups excluding carboxylic acids is 2. The molecule has 2 aromatic carbocycles. The fraction of sp³-hybridized carbons (Fsp3) is 0.360. The molecule has 1 N–H and O–H groups in total. The number of hydrogen-bond donors (Lipinski definition) is 1. The van der Waals surface area contributed by atoms with Gasteiger partial charge in [-0.3, -0.25) is 9.59 Å². The number of benzene rings is 2. The fourth-order valence-electron chi connectivity index (χ4n) is 4.81. The van der Waals surface area contributed by atoms with E-state index in [1.165, 1.54) is 16.5 Å². The predicted octanol–water partition coefficient (Wildman–Crippen LogP) is 4.08. The van der Waals surface area contributed by atoms with E-state index >= 15 is 0 Å². The molecule has 160 valence electrons. The molecule has 0 saturated carbocycles. The van der Waals surface area contributed by atoms with Crippen LogP contribution in [0, 0.1) is 0 Å². The lowest BCUT2D eigenvalue weighted by Crippen LogP contribution is -2.40. The Hall–Kier alpha value is -3.28. The Kier molecular flexibility index (Phi) is 5.37. The standard InChI is InChI=1S/C25H27N3O3/c29-24(9-10-25(30)28-15-16-31-23-8-4-3-7-22(23)28)27-13-11-18(12-14-27)20-17-26-21-6-2-1-5-19(20)21/h1-8,17-18,26H,9-16H2. The van der Waals surface area contributed by atoms with Crippen LogP contribution < -0.4 is 9.64 Å². The molecule has 3 heterocycles. The molecule has 0 unspecified atom stereocenters. The highest BCUT2D eigenvalue weighted by Crippen LogP contribution is 2.34. The smallest absolute Gasteiger partial charge is 0.227 e. The van der Waals surface area contributed by atoms with Crippen molar-refractivity contribution in [1.82, 2.24) is 9.88 Å². The van der Waals surface area contributed by atoms with Crippen molar-refractivity contribution in [3.05, 3.63) is 60.3 Å². The molecule has 1 fully saturated rings. The van der Waals surface area contributed by atoms with Crippen molar-refractivity contribution in [3.63, 3.8) is 0 Å². The number of likely N-dealkylation sites (tertiary alicyclic amines) is 1. The minimum atomic E-state index is -0.0159. The van der Waals surface area contributed by atoms with Crippen molar-refractivity contribution in [1.29, 1.82) is 0 Å². The van der Waals surface area contributed by atoms with E-state index in [0.717, 1.165) is 37.4 Å². The van der Waals surface area contributed by atoms with Crippen LogP contribution in [0.3, 0.4) is 0 Å². The summed E-state index contributed by atoms with van der Waals surface area (Å²) in [6.07, 6.45) is 4.52. The number of amides is 2. The van der Waals surface area contributed by atoms with Crippen LogP contribution in [0.1, 0.15) is 37.2 Å². The number of anilines is 1. The van der Waals surface area contributed by atoms with Crippen LogP contribution in [0.2, 0.25) is 0 Å². The lowest BCUT2D eigenvalue weighted by molar-refractivity contribution is -0.134. The van der Waals surface area contributed by atoms with Crippen LogP contribution in [0.15, 0.2) is 54.7 Å². The first kappa shape index (κ1) is 19.7. The molecule has 0 spiro atoms. The number of aromatic nitrogens is 1. The molecule has 0 bridgehead atoms. The maximum absolute atomic E-state index is 12.8. The van der Waals surface area contributed by atoms with Gasteiger partial charge in [0.1, 0.15) is 12.4 Å². The van der Waals surface area contributed by atoms with E-state index in [1.807, 2.05) is 35.2 Å². The topological polar surface area (TPSA) is 65.6 Å². The van der Waals surface area contributed by atoms with Crippen LogP contribution >= 0.6 is 0 Å². The summed E-state index contributed by atoms with van der Waals surface area (Å²) in [5.41, 5.74) is 3.31. The Labute approximate surface area is 181 Å². The third-order valence-electron chi connectivity index (χ3n) is 6.49. The van der Waals surface area contributed by atoms with Gasteiger partial charge in [0.25, 0.3) is 0 Å². The first-order valence-corrected chi connectivity index (χ1v) is 11.1. The van der Waals surface area contributed by atoms with Crippen molar-refractivity contribution >= 4 is 28.4 Å². The summed E-state index contributed by atoms with van der Waals surface area (Å²) in [5.74, 6) is 1.25. The minimum absolute atomic E-state index is 0.0159. The van der Waals surface area contributed by atoms with E-state index in [1.54, 1.807) is 4.90 Å². The SMILES string of the molecule is O=C(CCC(=O)N1CCOc2ccccc21)N1CCC(c2c[nH]c3ccccc23)CC1. The van der Waals surface area contributed by atoms with Gasteiger partial charge in [0.05, 0.1) is 12.2 Å². The quantitative estimate of drug-likeness (QED) is 0.696. The molecular formula is C25H27N3O3. The molecule has 3 aromatic rings. The normalized spacial score (nSPS) is 16.8. The highest BCUT2D eigenvalue weighted by Gasteiger charge is 2.27. The largest absolute Gasteiger partial charge is 0.490 e. The van der Waals surface area contributed by atoms with Gasteiger partial charge in [-0.2, -0.15) is 0 Å². The maximum atomic E-state index is 12.8. The second kappa shape index (κ2) is 8.46. The van der Waals surface area contributed by atoms with Gasteiger partial charge >= 0.3 is 0 Å². The molecule has 0 aliphatic carbocycles. The van der Waals surface area contributed by atoms with Crippen LogP contribution in [0.4, 0.5) is 5.69 Å². The first-order chi connectivity index (χ1) is 15.2. The first-order valence-electron chi connectivity index (χ1n) is 11.1. The second-order valence-corrected chi connectivity index (χ2v) is 8.31. The summed E-state index contributed by atoms with van der Waals surface area (Å²) in [6, 6.07) is 15.9. The van der Waals surface area contributed by atoms with Crippen LogP contribution in [-0.4, -0.2) is 47.9 Å². The van der Waals surface area contributed by atoms with E-state index in [0.29, 0.717) is 19.1 Å². The Morgan fingerprint density at radius 2 is 1.68 bits per heavy atom. The molecule has 5 rings (SSSR count). The molecule has 31 heavy (non-hydrogen) atoms. The van der Waals surface area contributed by atoms with Crippen molar-refractivity contribution < 1.29 is 14.3 Å². The third-order valence-corrected chi connectivity index (χ3v) is 6.49. The summed E-state index contributed by atoms with van der Waals surface area (Å²) in [5, 5.41) is 1.28. The molecule has 2 amide bonds. The van der Waals surface area contributed by atoms with E-state index in [9.17, 15) is 9.59 Å². The van der Waals surface area contributed by atoms with Gasteiger partial charge in [-0.1, -0.05) is 30.3 Å². The molecule has 1 aromatic heterocycles. The van der Waals surface area contributed by atoms with Crippen LogP contribution in [0.25, 0.3) is 10.9 Å². The van der Waals surface area contributed by atoms with Crippen molar-refractivity contribution in [2.45, 2.75) is 31.6 Å². The van der Waals surface area contributed by atoms with Gasteiger partial charge in [0.2, 0.25) is 11.8 Å². The minimum Gasteiger partial charge on any atom is -0.490 e. The summed E-state index contributed by atoms with van der Waals surface area (Å²) < 4.78 is 5.62. The van der Waals surface area contributed by atoms with Gasteiger partial charge in [-0.05, 0) is 42.5 Å². The highest BCUT2D eigenvalue weighted by molar-refractivity contribution is 5.97. The number of rotatable bonds is 4. The number of para-hydroxylation sites is 3. The molecular weight excluding hydrogens is 390 g/mol. The van der Waals surface area contributed by atoms with E-state index in [4.69, 9.17) is 4.74 Å². The zero-order valence-corrected chi connectivity index (χ0v) is 17.5. The highest BCUT2D eigenvalue weighted by atomic mass is 16.5. The third kappa shape index (κ3) is 3.90. The number of carbonyl (C=O) groups is 2. The summed E-state index contributed by atoms with van der Waals surface area (Å²) >= 11 is 0. The van der Waals surface area contributed by atoms with Crippen molar-refractivity contribution in [3.8, 4) is 5.75 Å². The Morgan fingerprint density at radius 1 is 0.935 bits per heavy atom. The van der Waals surface area contributed by atoms with Gasteiger partial charge in [-0.15, -0.1) is 0 Å². The van der Waals surface area contributed by atoms with Crippen molar-refractivity contribution in [2.24, 2.45) is 0 Å². The Bertz CT molecular complexity index is 1100. The molecule has 1 saturated heterocycles. The molecule has 0 atom stereocenters. The van der Waals surface area contributed by atoms with Gasteiger partial charge in [-0.25, -0.2) is 0 Å². The zero-order chi connectivity index (χ0) is 21.2. The van der Waals surface area contributed by atoms with E-state index < -0.39 is 0 Å². The van der Waals surface area contributed by atoms with Crippen LogP contribution in [0.5, 0.6) is 5.75 Å². The number of H-pyrrole nitrogens is 1. The maximum Gasteiger partial charge on any atom is 0.227 e. The van der Waals surface area contributed by atoms with Crippen LogP contribution in [-0.2, 0) is 9.59 Å².